The summed E-state index contributed by atoms with van der Waals surface area (Å²) in [4.78, 5) is 4.48. The molecule has 0 fully saturated rings. The molecule has 1 aromatic carbocycles. The van der Waals surface area contributed by atoms with Crippen molar-refractivity contribution in [2.45, 2.75) is 0 Å². The van der Waals surface area contributed by atoms with Crippen molar-refractivity contribution in [3.8, 4) is 5.75 Å². The van der Waals surface area contributed by atoms with Gasteiger partial charge < -0.3 is 4.84 Å². The minimum Gasteiger partial charge on any atom is -0.343 e. The van der Waals surface area contributed by atoms with E-state index >= 15 is 0 Å². The average molecular weight is 171 g/mol. The standard InChI is InChI=1S/C6H5NO3S/c8-11(9)7-10-6-4-2-1-3-5-6/h1-5H. The first-order valence-corrected chi connectivity index (χ1v) is 3.85. The fourth-order valence-corrected chi connectivity index (χ4v) is 0.702. The molecule has 0 atom stereocenters. The largest absolute Gasteiger partial charge is 0.349 e. The summed E-state index contributed by atoms with van der Waals surface area (Å²) in [6.07, 6.45) is 0. The molecule has 0 radical (unpaired) electrons. The van der Waals surface area contributed by atoms with Gasteiger partial charge in [0.15, 0.2) is 5.75 Å². The lowest BCUT2D eigenvalue weighted by molar-refractivity contribution is 0.346. The van der Waals surface area contributed by atoms with Gasteiger partial charge in [-0.05, 0) is 12.1 Å². The number of para-hydroxylation sites is 1. The second-order valence-corrected chi connectivity index (χ2v) is 2.28. The minimum atomic E-state index is -2.51. The molecule has 0 bridgehead atoms. The van der Waals surface area contributed by atoms with Gasteiger partial charge in [0, 0.05) is 4.53 Å². The van der Waals surface area contributed by atoms with Crippen molar-refractivity contribution >= 4 is 10.5 Å². The second-order valence-electron chi connectivity index (χ2n) is 1.70. The normalized spacial score (nSPS) is 8.73. The van der Waals surface area contributed by atoms with E-state index in [2.05, 4.69) is 9.36 Å². The summed E-state index contributed by atoms with van der Waals surface area (Å²) < 4.78 is 22.6. The Morgan fingerprint density at radius 3 is 2.36 bits per heavy atom. The fraction of sp³-hybridized carbons (Fsp3) is 0. The third kappa shape index (κ3) is 2.81. The summed E-state index contributed by atoms with van der Waals surface area (Å²) in [5, 5.41) is 0. The van der Waals surface area contributed by atoms with E-state index in [9.17, 15) is 8.42 Å². The fourth-order valence-electron chi connectivity index (χ4n) is 0.555. The summed E-state index contributed by atoms with van der Waals surface area (Å²) in [6.45, 7) is 0. The molecule has 5 heteroatoms. The predicted molar refractivity (Wildman–Crippen MR) is 38.4 cm³/mol. The van der Waals surface area contributed by atoms with Crippen LogP contribution in [0.25, 0.3) is 0 Å². The Labute approximate surface area is 65.1 Å². The van der Waals surface area contributed by atoms with Gasteiger partial charge in [-0.1, -0.05) is 18.2 Å². The van der Waals surface area contributed by atoms with E-state index in [1.165, 1.54) is 0 Å². The zero-order chi connectivity index (χ0) is 8.10. The van der Waals surface area contributed by atoms with E-state index in [0.717, 1.165) is 0 Å². The molecule has 11 heavy (non-hydrogen) atoms. The van der Waals surface area contributed by atoms with Crippen LogP contribution in [-0.2, 0) is 10.5 Å². The van der Waals surface area contributed by atoms with Crippen LogP contribution in [0.5, 0.6) is 5.75 Å². The highest BCUT2D eigenvalue weighted by atomic mass is 32.2. The second kappa shape index (κ2) is 3.72. The van der Waals surface area contributed by atoms with Gasteiger partial charge in [-0.2, -0.15) is 8.42 Å². The zero-order valence-electron chi connectivity index (χ0n) is 5.47. The van der Waals surface area contributed by atoms with Crippen LogP contribution >= 0.6 is 0 Å². The Hall–Kier alpha value is -1.36. The molecule has 0 aliphatic rings. The molecular weight excluding hydrogens is 166 g/mol. The lowest BCUT2D eigenvalue weighted by atomic mass is 10.3. The Balaban J connectivity index is 2.74. The van der Waals surface area contributed by atoms with Gasteiger partial charge in [0.1, 0.15) is 0 Å². The van der Waals surface area contributed by atoms with Crippen LogP contribution in [0.3, 0.4) is 0 Å². The first kappa shape index (κ1) is 7.74. The molecule has 0 aliphatic heterocycles. The Morgan fingerprint density at radius 2 is 1.82 bits per heavy atom. The zero-order valence-corrected chi connectivity index (χ0v) is 6.28. The first-order valence-electron chi connectivity index (χ1n) is 2.81. The first-order chi connectivity index (χ1) is 5.29. The Kier molecular flexibility index (Phi) is 2.62. The van der Waals surface area contributed by atoms with E-state index in [-0.39, 0.29) is 0 Å². The summed E-state index contributed by atoms with van der Waals surface area (Å²) in [5.41, 5.74) is 0. The van der Waals surface area contributed by atoms with E-state index in [1.54, 1.807) is 30.3 Å². The molecule has 0 saturated heterocycles. The van der Waals surface area contributed by atoms with Crippen molar-refractivity contribution in [3.63, 3.8) is 0 Å². The van der Waals surface area contributed by atoms with Crippen LogP contribution in [0.1, 0.15) is 0 Å². The van der Waals surface area contributed by atoms with Crippen molar-refractivity contribution in [2.75, 3.05) is 0 Å². The summed E-state index contributed by atoms with van der Waals surface area (Å²) in [7, 11) is -2.51. The van der Waals surface area contributed by atoms with E-state index < -0.39 is 10.5 Å². The monoisotopic (exact) mass is 171 g/mol. The van der Waals surface area contributed by atoms with Crippen LogP contribution in [-0.4, -0.2) is 8.42 Å². The predicted octanol–water partition coefficient (Wildman–Crippen LogP) is 1.04. The van der Waals surface area contributed by atoms with Crippen LogP contribution < -0.4 is 4.84 Å². The summed E-state index contributed by atoms with van der Waals surface area (Å²) in [5.74, 6) is 0.400. The van der Waals surface area contributed by atoms with Crippen molar-refractivity contribution in [1.29, 1.82) is 0 Å². The third-order valence-corrected chi connectivity index (χ3v) is 1.14. The molecule has 1 rings (SSSR count). The number of nitrogens with zero attached hydrogens (tertiary/aromatic N) is 1. The highest BCUT2D eigenvalue weighted by Crippen LogP contribution is 2.07. The highest BCUT2D eigenvalue weighted by Gasteiger charge is 1.86. The maximum atomic E-state index is 9.88. The lowest BCUT2D eigenvalue weighted by Crippen LogP contribution is -1.79. The van der Waals surface area contributed by atoms with Crippen LogP contribution in [0.2, 0.25) is 0 Å². The van der Waals surface area contributed by atoms with Gasteiger partial charge in [0.25, 0.3) is 0 Å². The third-order valence-electron chi connectivity index (χ3n) is 0.947. The summed E-state index contributed by atoms with van der Waals surface area (Å²) >= 11 is 0. The summed E-state index contributed by atoms with van der Waals surface area (Å²) in [6, 6.07) is 8.45. The molecule has 4 nitrogen and oxygen atoms in total. The molecule has 0 heterocycles. The van der Waals surface area contributed by atoms with E-state index in [4.69, 9.17) is 0 Å². The SMILES string of the molecule is O=S(=O)=NOc1ccccc1. The topological polar surface area (TPSA) is 55.7 Å². The van der Waals surface area contributed by atoms with E-state index in [1.807, 2.05) is 0 Å². The molecule has 0 aliphatic carbocycles. The smallest absolute Gasteiger partial charge is 0.343 e. The van der Waals surface area contributed by atoms with Gasteiger partial charge in [0.2, 0.25) is 0 Å². The number of hydrogen-bond donors (Lipinski definition) is 0. The molecule has 0 unspecified atom stereocenters. The quantitative estimate of drug-likeness (QED) is 0.625. The average Bonchev–Trinajstić information content (AvgIpc) is 2.03. The van der Waals surface area contributed by atoms with Gasteiger partial charge in [-0.25, -0.2) is 0 Å². The van der Waals surface area contributed by atoms with E-state index in [0.29, 0.717) is 5.75 Å². The molecular formula is C6H5NO3S. The molecule has 0 amide bonds. The number of benzene rings is 1. The Bertz CT molecular complexity index is 335. The molecule has 58 valence electrons. The minimum absolute atomic E-state index is 0.400. The van der Waals surface area contributed by atoms with Gasteiger partial charge in [0.05, 0.1) is 0 Å². The van der Waals surface area contributed by atoms with Crippen LogP contribution in [0.15, 0.2) is 34.9 Å². The van der Waals surface area contributed by atoms with Crippen LogP contribution in [0.4, 0.5) is 0 Å². The maximum absolute atomic E-state index is 9.88. The highest BCUT2D eigenvalue weighted by molar-refractivity contribution is 7.61. The van der Waals surface area contributed by atoms with Gasteiger partial charge in [-0.15, -0.1) is 0 Å². The lowest BCUT2D eigenvalue weighted by Gasteiger charge is -1.91. The number of rotatable bonds is 2. The maximum Gasteiger partial charge on any atom is 0.349 e. The van der Waals surface area contributed by atoms with Crippen LogP contribution in [0, 0.1) is 0 Å². The van der Waals surface area contributed by atoms with Crippen molar-refractivity contribution < 1.29 is 13.3 Å². The molecule has 1 aromatic rings. The molecule has 0 N–H and O–H groups in total. The number of hydrogen-bond acceptors (Lipinski definition) is 4. The van der Waals surface area contributed by atoms with Gasteiger partial charge >= 0.3 is 10.5 Å². The Morgan fingerprint density at radius 1 is 1.18 bits per heavy atom. The van der Waals surface area contributed by atoms with Crippen molar-refractivity contribution in [1.82, 2.24) is 0 Å². The van der Waals surface area contributed by atoms with Crippen molar-refractivity contribution in [2.24, 2.45) is 4.53 Å². The molecule has 0 spiro atoms. The molecule has 0 aromatic heterocycles. The van der Waals surface area contributed by atoms with Gasteiger partial charge in [-0.3, -0.25) is 0 Å². The van der Waals surface area contributed by atoms with Crippen molar-refractivity contribution in [3.05, 3.63) is 30.3 Å². The molecule has 0 saturated carbocycles.